The summed E-state index contributed by atoms with van der Waals surface area (Å²) in [7, 11) is -1.92. The van der Waals surface area contributed by atoms with Crippen LogP contribution < -0.4 is 0 Å². The van der Waals surface area contributed by atoms with Gasteiger partial charge in [0, 0.05) is 6.42 Å². The van der Waals surface area contributed by atoms with Crippen molar-refractivity contribution in [3.05, 3.63) is 10.2 Å². The van der Waals surface area contributed by atoms with Gasteiger partial charge in [-0.05, 0) is 59.9 Å². The lowest BCUT2D eigenvalue weighted by Crippen LogP contribution is -2.58. The fraction of sp³-hybridized carbons (Fsp3) is 0.864. The summed E-state index contributed by atoms with van der Waals surface area (Å²) < 4.78 is 21.8. The number of Topliss-reactive ketones (excluding diaryl/α,β-unsaturated/α-hetero) is 1. The first-order valence-corrected chi connectivity index (χ1v) is 14.8. The number of ketones is 1. The molecule has 162 valence electrons. The molecule has 0 bridgehead atoms. The average Bonchev–Trinajstić information content (AvgIpc) is 2.56. The first-order valence-electron chi connectivity index (χ1n) is 10.6. The van der Waals surface area contributed by atoms with E-state index in [9.17, 15) is 4.79 Å². The molecule has 0 aromatic heterocycles. The van der Waals surface area contributed by atoms with Crippen LogP contribution in [0, 0.1) is 11.8 Å². The lowest BCUT2D eigenvalue weighted by molar-refractivity contribution is -0.237. The molecule has 2 fully saturated rings. The van der Waals surface area contributed by atoms with E-state index in [1.807, 2.05) is 0 Å². The highest BCUT2D eigenvalue weighted by Crippen LogP contribution is 2.43. The van der Waals surface area contributed by atoms with E-state index in [0.717, 1.165) is 12.8 Å². The number of ether oxygens (including phenoxy) is 2. The Bertz CT molecular complexity index is 569. The number of rotatable bonds is 6. The zero-order chi connectivity index (χ0) is 21.3. The zero-order valence-corrected chi connectivity index (χ0v) is 22.0. The quantitative estimate of drug-likeness (QED) is 0.322. The average molecular weight is 523 g/mol. The Hall–Kier alpha value is 0.237. The molecule has 2 saturated heterocycles. The van der Waals surface area contributed by atoms with Crippen LogP contribution in [0.15, 0.2) is 10.2 Å². The molecule has 28 heavy (non-hydrogen) atoms. The lowest BCUT2D eigenvalue weighted by Gasteiger charge is -2.51. The van der Waals surface area contributed by atoms with Crippen molar-refractivity contribution >= 4 is 36.7 Å². The van der Waals surface area contributed by atoms with Gasteiger partial charge in [0.1, 0.15) is 5.78 Å². The molecule has 0 N–H and O–H groups in total. The van der Waals surface area contributed by atoms with Crippen LogP contribution in [-0.4, -0.2) is 44.6 Å². The molecule has 0 aliphatic carbocycles. The predicted molar refractivity (Wildman–Crippen MR) is 125 cm³/mol. The summed E-state index contributed by atoms with van der Waals surface area (Å²) in [6, 6.07) is 0. The van der Waals surface area contributed by atoms with Crippen LogP contribution in [0.5, 0.6) is 0 Å². The monoisotopic (exact) mass is 522 g/mol. The van der Waals surface area contributed by atoms with Crippen molar-refractivity contribution in [2.75, 3.05) is 0 Å². The predicted octanol–water partition coefficient (Wildman–Crippen LogP) is 5.89. The minimum absolute atomic E-state index is 0.0318. The van der Waals surface area contributed by atoms with E-state index in [0.29, 0.717) is 18.3 Å². The van der Waals surface area contributed by atoms with Crippen LogP contribution in [0.2, 0.25) is 18.1 Å². The maximum absolute atomic E-state index is 11.5. The van der Waals surface area contributed by atoms with E-state index >= 15 is 0 Å². The van der Waals surface area contributed by atoms with Gasteiger partial charge in [-0.2, -0.15) is 0 Å². The van der Waals surface area contributed by atoms with Crippen molar-refractivity contribution in [3.8, 4) is 0 Å². The van der Waals surface area contributed by atoms with Crippen LogP contribution >= 0.6 is 22.6 Å². The van der Waals surface area contributed by atoms with Gasteiger partial charge in [0.2, 0.25) is 0 Å². The smallest absolute Gasteiger partial charge is 0.193 e. The highest BCUT2D eigenvalue weighted by Gasteiger charge is 2.49. The van der Waals surface area contributed by atoms with Crippen molar-refractivity contribution in [1.82, 2.24) is 0 Å². The normalized spacial score (nSPS) is 35.6. The van der Waals surface area contributed by atoms with Gasteiger partial charge in [-0.3, -0.25) is 4.79 Å². The second kappa shape index (κ2) is 9.58. The molecule has 0 aromatic carbocycles. The SMILES string of the molecule is CC(=O)C[C@H]1CC[C@@H]2O[C@@H]([C@H](/C=C/I)O[Si](C)(C)C(C)(C)C)[C@@H](C)[C@@H](C)C2O1. The minimum Gasteiger partial charge on any atom is -0.408 e. The van der Waals surface area contributed by atoms with Gasteiger partial charge in [-0.15, -0.1) is 0 Å². The van der Waals surface area contributed by atoms with Gasteiger partial charge in [-0.25, -0.2) is 0 Å². The molecule has 2 aliphatic rings. The van der Waals surface area contributed by atoms with E-state index in [2.05, 4.69) is 80.5 Å². The van der Waals surface area contributed by atoms with Crippen molar-refractivity contribution in [1.29, 1.82) is 0 Å². The second-order valence-electron chi connectivity index (χ2n) is 10.2. The highest BCUT2D eigenvalue weighted by atomic mass is 127. The number of fused-ring (bicyclic) bond motifs is 1. The molecule has 1 unspecified atom stereocenters. The van der Waals surface area contributed by atoms with Gasteiger partial charge >= 0.3 is 0 Å². The molecule has 2 rings (SSSR count). The first-order chi connectivity index (χ1) is 12.9. The minimum atomic E-state index is -1.92. The number of hydrogen-bond donors (Lipinski definition) is 0. The van der Waals surface area contributed by atoms with E-state index in [1.54, 1.807) is 6.92 Å². The second-order valence-corrected chi connectivity index (χ2v) is 15.7. The van der Waals surface area contributed by atoms with Crippen molar-refractivity contribution in [2.45, 2.75) is 109 Å². The van der Waals surface area contributed by atoms with Gasteiger partial charge in [0.15, 0.2) is 8.32 Å². The van der Waals surface area contributed by atoms with Crippen LogP contribution in [0.3, 0.4) is 0 Å². The number of halogens is 1. The van der Waals surface area contributed by atoms with Gasteiger partial charge in [0.05, 0.1) is 30.5 Å². The summed E-state index contributed by atoms with van der Waals surface area (Å²) >= 11 is 2.28. The summed E-state index contributed by atoms with van der Waals surface area (Å²) in [6.45, 7) is 17.6. The van der Waals surface area contributed by atoms with E-state index in [-0.39, 0.29) is 41.3 Å². The van der Waals surface area contributed by atoms with Crippen molar-refractivity contribution in [2.24, 2.45) is 11.8 Å². The molecule has 6 heteroatoms. The van der Waals surface area contributed by atoms with Crippen LogP contribution in [-0.2, 0) is 18.7 Å². The van der Waals surface area contributed by atoms with Crippen LogP contribution in [0.25, 0.3) is 0 Å². The molecule has 0 spiro atoms. The lowest BCUT2D eigenvalue weighted by atomic mass is 9.77. The highest BCUT2D eigenvalue weighted by molar-refractivity contribution is 14.1. The third kappa shape index (κ3) is 5.68. The number of carbonyl (C=O) groups is 1. The Morgan fingerprint density at radius 2 is 1.86 bits per heavy atom. The molecule has 0 amide bonds. The molecule has 4 nitrogen and oxygen atoms in total. The largest absolute Gasteiger partial charge is 0.408 e. The molecule has 2 heterocycles. The van der Waals surface area contributed by atoms with E-state index in [4.69, 9.17) is 13.9 Å². The van der Waals surface area contributed by atoms with Gasteiger partial charge in [0.25, 0.3) is 0 Å². The summed E-state index contributed by atoms with van der Waals surface area (Å²) in [6.07, 6.45) is 4.73. The van der Waals surface area contributed by atoms with Gasteiger partial charge in [-0.1, -0.05) is 57.2 Å². The standard InChI is InChI=1S/C22H39IO4Si/c1-14(24)13-17-9-10-18-20(25-17)15(2)16(3)21(26-18)19(11-12-23)27-28(7,8)22(4,5)6/h11-12,15-21H,9-10,13H2,1-8H3/b12-11+/t15-,16+,17-,18+,19+,20?,21-/m1/s1. The van der Waals surface area contributed by atoms with E-state index < -0.39 is 8.32 Å². The maximum Gasteiger partial charge on any atom is 0.193 e. The van der Waals surface area contributed by atoms with Gasteiger partial charge < -0.3 is 13.9 Å². The summed E-state index contributed by atoms with van der Waals surface area (Å²) in [5, 5.41) is 0.157. The molecular formula is C22H39IO4Si. The summed E-state index contributed by atoms with van der Waals surface area (Å²) in [5.74, 6) is 0.889. The van der Waals surface area contributed by atoms with E-state index in [1.165, 1.54) is 0 Å². The summed E-state index contributed by atoms with van der Waals surface area (Å²) in [4.78, 5) is 11.5. The molecule has 0 aromatic rings. The van der Waals surface area contributed by atoms with Crippen molar-refractivity contribution in [3.63, 3.8) is 0 Å². The summed E-state index contributed by atoms with van der Waals surface area (Å²) in [5.41, 5.74) is 0. The fourth-order valence-corrected chi connectivity index (χ4v) is 5.73. The topological polar surface area (TPSA) is 44.8 Å². The Labute approximate surface area is 186 Å². The third-order valence-electron chi connectivity index (χ3n) is 7.03. The Morgan fingerprint density at radius 3 is 2.39 bits per heavy atom. The molecule has 0 radical (unpaired) electrons. The maximum atomic E-state index is 11.5. The van der Waals surface area contributed by atoms with Crippen LogP contribution in [0.1, 0.15) is 60.8 Å². The molecular weight excluding hydrogens is 483 g/mol. The fourth-order valence-electron chi connectivity index (χ4n) is 4.08. The van der Waals surface area contributed by atoms with Crippen LogP contribution in [0.4, 0.5) is 0 Å². The molecule has 2 aliphatic heterocycles. The Kier molecular flexibility index (Phi) is 8.39. The first kappa shape index (κ1) is 24.5. The Morgan fingerprint density at radius 1 is 1.21 bits per heavy atom. The molecule has 0 saturated carbocycles. The Balaban J connectivity index is 2.17. The van der Waals surface area contributed by atoms with Crippen molar-refractivity contribution < 1.29 is 18.7 Å². The molecule has 7 atom stereocenters. The third-order valence-corrected chi connectivity index (χ3v) is 11.9. The number of hydrogen-bond acceptors (Lipinski definition) is 4. The zero-order valence-electron chi connectivity index (χ0n) is 18.8. The number of carbonyl (C=O) groups excluding carboxylic acids is 1.